The monoisotopic (exact) mass is 903 g/mol. The second-order valence-electron chi connectivity index (χ2n) is 18.0. The Morgan fingerprint density at radius 1 is 0.371 bits per heavy atom. The van der Waals surface area contributed by atoms with Crippen molar-refractivity contribution in [1.29, 1.82) is 0 Å². The largest absolute Gasteiger partial charge is 0.508 e. The predicted molar refractivity (Wildman–Crippen MR) is 262 cm³/mol. The Hall–Kier alpha value is -2.39. The summed E-state index contributed by atoms with van der Waals surface area (Å²) in [5, 5.41) is -2.06. The number of rotatable bonds is 42. The molecule has 2 rings (SSSR count). The van der Waals surface area contributed by atoms with Crippen molar-refractivity contribution in [3.8, 4) is 0 Å². The van der Waals surface area contributed by atoms with Gasteiger partial charge >= 0.3 is 6.16 Å². The molecule has 0 aliphatic carbocycles. The maximum atomic E-state index is 13.7. The van der Waals surface area contributed by atoms with E-state index in [4.69, 9.17) is 9.47 Å². The number of hydrogen-bond donors (Lipinski definition) is 0. The van der Waals surface area contributed by atoms with Crippen molar-refractivity contribution >= 4 is 25.8 Å². The lowest BCUT2D eigenvalue weighted by molar-refractivity contribution is 0.0550. The molecule has 0 aromatic heterocycles. The Morgan fingerprint density at radius 3 is 0.839 bits per heavy atom. The fourth-order valence-electron chi connectivity index (χ4n) is 8.47. The van der Waals surface area contributed by atoms with Crippen LogP contribution in [0, 0.1) is 0 Å². The summed E-state index contributed by atoms with van der Waals surface area (Å²) >= 11 is 0. The van der Waals surface area contributed by atoms with E-state index >= 15 is 0 Å². The molecule has 0 fully saturated rings. The highest BCUT2D eigenvalue weighted by atomic mass is 32.2. The zero-order valence-electron chi connectivity index (χ0n) is 39.6. The summed E-state index contributed by atoms with van der Waals surface area (Å²) in [5.74, 6) is 0.0220. The van der Waals surface area contributed by atoms with E-state index in [1.807, 2.05) is 12.1 Å². The van der Waals surface area contributed by atoms with Gasteiger partial charge in [0.05, 0.1) is 11.5 Å². The van der Waals surface area contributed by atoms with Crippen molar-refractivity contribution in [3.63, 3.8) is 0 Å². The minimum atomic E-state index is -3.65. The number of carbonyl (C=O) groups is 1. The van der Waals surface area contributed by atoms with Gasteiger partial charge in [-0.1, -0.05) is 267 Å². The third kappa shape index (κ3) is 27.7. The van der Waals surface area contributed by atoms with Crippen molar-refractivity contribution in [2.24, 2.45) is 0 Å². The Bertz CT molecular complexity index is 1430. The van der Waals surface area contributed by atoms with Crippen LogP contribution in [0.2, 0.25) is 0 Å². The molecule has 0 N–H and O–H groups in total. The van der Waals surface area contributed by atoms with Crippen molar-refractivity contribution < 1.29 is 31.1 Å². The first kappa shape index (κ1) is 55.7. The molecule has 0 spiro atoms. The second-order valence-corrected chi connectivity index (χ2v) is 22.6. The first-order valence-corrected chi connectivity index (χ1v) is 29.0. The van der Waals surface area contributed by atoms with Gasteiger partial charge in [-0.2, -0.15) is 0 Å². The lowest BCUT2D eigenvalue weighted by atomic mass is 10.0. The zero-order valence-corrected chi connectivity index (χ0v) is 41.2. The van der Waals surface area contributed by atoms with Gasteiger partial charge in [0.2, 0.25) is 0 Å². The van der Waals surface area contributed by atoms with Crippen molar-refractivity contribution in [2.45, 2.75) is 230 Å². The van der Waals surface area contributed by atoms with Crippen LogP contribution in [0.3, 0.4) is 0 Å². The van der Waals surface area contributed by atoms with Crippen LogP contribution in [0.1, 0.15) is 241 Å². The van der Waals surface area contributed by atoms with Crippen LogP contribution in [0.15, 0.2) is 60.7 Å². The SMILES string of the molecule is CCCCCCCCCCCCCCCCCCS(=O)(=O)C(COC(=O)OCC(c1ccccc1)S(=O)(=O)CCCCCCCCCCCCCCCCCC)c1ccccc1. The van der Waals surface area contributed by atoms with Crippen LogP contribution >= 0.6 is 0 Å². The first-order chi connectivity index (χ1) is 30.2. The molecule has 0 radical (unpaired) electrons. The number of unbranched alkanes of at least 4 members (excludes halogenated alkanes) is 30. The number of sulfone groups is 2. The molecule has 0 aliphatic heterocycles. The smallest absolute Gasteiger partial charge is 0.433 e. The summed E-state index contributed by atoms with van der Waals surface area (Å²) in [6.45, 7) is 3.73. The summed E-state index contributed by atoms with van der Waals surface area (Å²) < 4.78 is 65.5. The molecule has 0 saturated carbocycles. The van der Waals surface area contributed by atoms with Gasteiger partial charge in [0.25, 0.3) is 0 Å². The van der Waals surface area contributed by atoms with Gasteiger partial charge in [0.15, 0.2) is 19.7 Å². The molecule has 2 aromatic rings. The molecule has 0 aliphatic rings. The summed E-state index contributed by atoms with van der Waals surface area (Å²) in [6, 6.07) is 17.7. The molecule has 9 heteroatoms. The summed E-state index contributed by atoms with van der Waals surface area (Å²) in [5.41, 5.74) is 1.11. The topological polar surface area (TPSA) is 104 Å². The highest BCUT2D eigenvalue weighted by Gasteiger charge is 2.31. The van der Waals surface area contributed by atoms with Crippen LogP contribution < -0.4 is 0 Å². The number of ether oxygens (including phenoxy) is 2. The van der Waals surface area contributed by atoms with E-state index in [-0.39, 0.29) is 11.5 Å². The normalized spacial score (nSPS) is 12.9. The summed E-state index contributed by atoms with van der Waals surface area (Å²) in [4.78, 5) is 13.0. The third-order valence-electron chi connectivity index (χ3n) is 12.5. The van der Waals surface area contributed by atoms with Crippen molar-refractivity contribution in [1.82, 2.24) is 0 Å². The van der Waals surface area contributed by atoms with E-state index < -0.39 is 49.5 Å². The summed E-state index contributed by atoms with van der Waals surface area (Å²) in [6.07, 6.45) is 37.8. The van der Waals surface area contributed by atoms with Gasteiger partial charge < -0.3 is 9.47 Å². The molecule has 0 heterocycles. The number of hydrogen-bond acceptors (Lipinski definition) is 7. The molecule has 2 unspecified atom stereocenters. The third-order valence-corrected chi connectivity index (χ3v) is 16.7. The van der Waals surface area contributed by atoms with Crippen molar-refractivity contribution in [2.75, 3.05) is 24.7 Å². The Balaban J connectivity index is 1.72. The van der Waals surface area contributed by atoms with E-state index in [1.165, 1.54) is 154 Å². The van der Waals surface area contributed by atoms with Crippen LogP contribution in [0.4, 0.5) is 4.79 Å². The highest BCUT2D eigenvalue weighted by molar-refractivity contribution is 7.91. The quantitative estimate of drug-likeness (QED) is 0.0483. The fourth-order valence-corrected chi connectivity index (χ4v) is 11.9. The Morgan fingerprint density at radius 2 is 0.597 bits per heavy atom. The lowest BCUT2D eigenvalue weighted by Gasteiger charge is -2.20. The number of carbonyl (C=O) groups excluding carboxylic acids is 1. The van der Waals surface area contributed by atoms with E-state index in [9.17, 15) is 21.6 Å². The highest BCUT2D eigenvalue weighted by Crippen LogP contribution is 2.28. The maximum Gasteiger partial charge on any atom is 0.508 e. The minimum absolute atomic E-state index is 0.0110. The zero-order chi connectivity index (χ0) is 44.8. The van der Waals surface area contributed by atoms with Gasteiger partial charge in [-0.3, -0.25) is 0 Å². The molecular weight excluding hydrogens is 813 g/mol. The molecule has 0 bridgehead atoms. The lowest BCUT2D eigenvalue weighted by Crippen LogP contribution is -2.26. The fraction of sp³-hybridized carbons (Fsp3) is 0.755. The van der Waals surface area contributed by atoms with E-state index in [0.29, 0.717) is 24.0 Å². The molecule has 2 atom stereocenters. The van der Waals surface area contributed by atoms with Crippen molar-refractivity contribution in [3.05, 3.63) is 71.8 Å². The summed E-state index contributed by atoms with van der Waals surface area (Å²) in [7, 11) is -7.29. The Labute approximate surface area is 381 Å². The van der Waals surface area contributed by atoms with Crippen LogP contribution in [0.5, 0.6) is 0 Å². The molecule has 0 amide bonds. The molecule has 356 valence electrons. The van der Waals surface area contributed by atoms with Crippen LogP contribution in [-0.4, -0.2) is 47.7 Å². The standard InChI is InChI=1S/C53H90O7S2/c1-3-5-7-9-11-13-15-17-19-21-23-25-27-29-31-39-45-61(55,56)51(49-41-35-33-36-42-49)47-59-53(54)60-48-52(50-43-37-34-38-44-50)62(57,58)46-40-32-30-28-26-24-22-20-18-16-14-12-10-8-6-4-2/h33-38,41-44,51-52H,3-32,39-40,45-48H2,1-2H3. The van der Waals surface area contributed by atoms with Gasteiger partial charge in [0, 0.05) is 0 Å². The van der Waals surface area contributed by atoms with Gasteiger partial charge in [-0.15, -0.1) is 0 Å². The molecule has 7 nitrogen and oxygen atoms in total. The van der Waals surface area contributed by atoms with Crippen LogP contribution in [0.25, 0.3) is 0 Å². The minimum Gasteiger partial charge on any atom is -0.433 e. The van der Waals surface area contributed by atoms with E-state index in [2.05, 4.69) is 13.8 Å². The number of benzene rings is 2. The van der Waals surface area contributed by atoms with E-state index in [1.54, 1.807) is 48.5 Å². The molecule has 2 aromatic carbocycles. The average molecular weight is 903 g/mol. The first-order valence-electron chi connectivity index (χ1n) is 25.5. The molecular formula is C53H90O7S2. The Kier molecular flexibility index (Phi) is 33.2. The molecule has 0 saturated heterocycles. The van der Waals surface area contributed by atoms with Gasteiger partial charge in [0.1, 0.15) is 23.7 Å². The van der Waals surface area contributed by atoms with Gasteiger partial charge in [-0.05, 0) is 24.0 Å². The van der Waals surface area contributed by atoms with Gasteiger partial charge in [-0.25, -0.2) is 21.6 Å². The van der Waals surface area contributed by atoms with Crippen LogP contribution in [-0.2, 0) is 29.1 Å². The average Bonchev–Trinajstić information content (AvgIpc) is 3.26. The second kappa shape index (κ2) is 36.9. The molecule has 62 heavy (non-hydrogen) atoms. The van der Waals surface area contributed by atoms with E-state index in [0.717, 1.165) is 38.5 Å². The maximum absolute atomic E-state index is 13.7. The predicted octanol–water partition coefficient (Wildman–Crippen LogP) is 16.0.